The zero-order valence-electron chi connectivity index (χ0n) is 13.2. The molecule has 2 amide bonds. The molecule has 0 spiro atoms. The molecule has 3 rings (SSSR count). The molecule has 1 aromatic carbocycles. The number of carbonyl (C=O) groups is 2. The van der Waals surface area contributed by atoms with Crippen molar-refractivity contribution in [3.63, 3.8) is 0 Å². The van der Waals surface area contributed by atoms with Gasteiger partial charge in [-0.15, -0.1) is 0 Å². The van der Waals surface area contributed by atoms with Crippen LogP contribution in [0.2, 0.25) is 0 Å². The molecule has 2 aromatic rings. The highest BCUT2D eigenvalue weighted by atomic mass is 16.5. The van der Waals surface area contributed by atoms with Gasteiger partial charge in [0.15, 0.2) is 0 Å². The van der Waals surface area contributed by atoms with Crippen LogP contribution in [0.3, 0.4) is 0 Å². The minimum Gasteiger partial charge on any atom is -0.383 e. The number of fused-ring (bicyclic) bond motifs is 1. The molecule has 1 fully saturated rings. The van der Waals surface area contributed by atoms with Crippen LogP contribution >= 0.6 is 0 Å². The number of nitrogens with one attached hydrogen (secondary N) is 1. The molecule has 6 heteroatoms. The van der Waals surface area contributed by atoms with E-state index in [1.54, 1.807) is 12.0 Å². The lowest BCUT2D eigenvalue weighted by Crippen LogP contribution is -2.34. The maximum Gasteiger partial charge on any atom is 0.256 e. The van der Waals surface area contributed by atoms with Crippen molar-refractivity contribution in [3.8, 4) is 0 Å². The molecule has 23 heavy (non-hydrogen) atoms. The number of methoxy groups -OCH3 is 1. The number of rotatable bonds is 4. The number of hydrogen-bond donors (Lipinski definition) is 1. The largest absolute Gasteiger partial charge is 0.383 e. The number of amides is 2. The van der Waals surface area contributed by atoms with Gasteiger partial charge in [0.1, 0.15) is 0 Å². The van der Waals surface area contributed by atoms with Crippen molar-refractivity contribution < 1.29 is 14.3 Å². The molecule has 0 unspecified atom stereocenters. The highest BCUT2D eigenvalue weighted by Gasteiger charge is 2.23. The molecule has 0 radical (unpaired) electrons. The van der Waals surface area contributed by atoms with E-state index in [-0.39, 0.29) is 11.8 Å². The van der Waals surface area contributed by atoms with E-state index in [0.717, 1.165) is 10.9 Å². The standard InChI is InChI=1S/C17H21N3O3/c1-23-11-10-20-12-14(13-4-2-3-5-15(13)20)17(22)19-8-6-16(21)18-7-9-19/h2-5,12H,6-11H2,1H3,(H,18,21). The number of para-hydroxylation sites is 1. The van der Waals surface area contributed by atoms with Gasteiger partial charge in [-0.3, -0.25) is 9.59 Å². The van der Waals surface area contributed by atoms with Gasteiger partial charge in [0.05, 0.1) is 12.2 Å². The second-order valence-electron chi connectivity index (χ2n) is 5.64. The molecule has 0 saturated carbocycles. The van der Waals surface area contributed by atoms with Crippen molar-refractivity contribution in [2.45, 2.75) is 13.0 Å². The van der Waals surface area contributed by atoms with Crippen molar-refractivity contribution >= 4 is 22.7 Å². The lowest BCUT2D eigenvalue weighted by atomic mass is 10.1. The van der Waals surface area contributed by atoms with Crippen molar-refractivity contribution in [1.29, 1.82) is 0 Å². The fourth-order valence-electron chi connectivity index (χ4n) is 2.93. The van der Waals surface area contributed by atoms with Gasteiger partial charge in [0.25, 0.3) is 5.91 Å². The first-order valence-electron chi connectivity index (χ1n) is 7.83. The topological polar surface area (TPSA) is 63.6 Å². The van der Waals surface area contributed by atoms with Gasteiger partial charge in [-0.05, 0) is 6.07 Å². The Labute approximate surface area is 135 Å². The molecular formula is C17H21N3O3. The average Bonchev–Trinajstić information content (AvgIpc) is 2.79. The Bertz CT molecular complexity index is 723. The van der Waals surface area contributed by atoms with Gasteiger partial charge in [-0.1, -0.05) is 18.2 Å². The smallest absolute Gasteiger partial charge is 0.256 e. The second kappa shape index (κ2) is 6.83. The van der Waals surface area contributed by atoms with Gasteiger partial charge < -0.3 is 19.5 Å². The number of nitrogens with zero attached hydrogens (tertiary/aromatic N) is 2. The van der Waals surface area contributed by atoms with Crippen molar-refractivity contribution in [2.24, 2.45) is 0 Å². The van der Waals surface area contributed by atoms with Crippen molar-refractivity contribution in [1.82, 2.24) is 14.8 Å². The summed E-state index contributed by atoms with van der Waals surface area (Å²) >= 11 is 0. The van der Waals surface area contributed by atoms with E-state index in [1.807, 2.05) is 35.0 Å². The normalized spacial score (nSPS) is 15.5. The maximum atomic E-state index is 12.9. The summed E-state index contributed by atoms with van der Waals surface area (Å²) in [6.07, 6.45) is 2.25. The van der Waals surface area contributed by atoms with E-state index >= 15 is 0 Å². The van der Waals surface area contributed by atoms with Crippen molar-refractivity contribution in [2.75, 3.05) is 33.4 Å². The molecule has 0 atom stereocenters. The molecule has 1 saturated heterocycles. The average molecular weight is 315 g/mol. The number of carbonyl (C=O) groups excluding carboxylic acids is 2. The minimum atomic E-state index is -0.0196. The van der Waals surface area contributed by atoms with Gasteiger partial charge in [0.2, 0.25) is 5.91 Å². The predicted octanol–water partition coefficient (Wildman–Crippen LogP) is 1.25. The van der Waals surface area contributed by atoms with E-state index in [4.69, 9.17) is 4.74 Å². The second-order valence-corrected chi connectivity index (χ2v) is 5.64. The molecule has 1 N–H and O–H groups in total. The molecular weight excluding hydrogens is 294 g/mol. The summed E-state index contributed by atoms with van der Waals surface area (Å²) in [5.74, 6) is -0.0170. The Morgan fingerprint density at radius 2 is 2.13 bits per heavy atom. The van der Waals surface area contributed by atoms with Crippen molar-refractivity contribution in [3.05, 3.63) is 36.0 Å². The monoisotopic (exact) mass is 315 g/mol. The molecule has 1 aliphatic rings. The number of aromatic nitrogens is 1. The van der Waals surface area contributed by atoms with E-state index < -0.39 is 0 Å². The summed E-state index contributed by atoms with van der Waals surface area (Å²) < 4.78 is 7.20. The fourth-order valence-corrected chi connectivity index (χ4v) is 2.93. The van der Waals surface area contributed by atoms with Crippen LogP contribution in [0.5, 0.6) is 0 Å². The zero-order valence-corrected chi connectivity index (χ0v) is 13.2. The first-order valence-corrected chi connectivity index (χ1v) is 7.83. The summed E-state index contributed by atoms with van der Waals surface area (Å²) in [4.78, 5) is 26.1. The summed E-state index contributed by atoms with van der Waals surface area (Å²) in [5, 5.41) is 3.74. The van der Waals surface area contributed by atoms with Crippen LogP contribution in [0.25, 0.3) is 10.9 Å². The molecule has 1 aromatic heterocycles. The summed E-state index contributed by atoms with van der Waals surface area (Å²) in [5.41, 5.74) is 1.71. The number of ether oxygens (including phenoxy) is 1. The highest BCUT2D eigenvalue weighted by molar-refractivity contribution is 6.07. The summed E-state index contributed by atoms with van der Waals surface area (Å²) in [6, 6.07) is 7.88. The first-order chi connectivity index (χ1) is 11.2. The third-order valence-corrected chi connectivity index (χ3v) is 4.16. The Morgan fingerprint density at radius 1 is 1.30 bits per heavy atom. The van der Waals surface area contributed by atoms with Crippen LogP contribution in [-0.4, -0.2) is 54.6 Å². The van der Waals surface area contributed by atoms with Crippen LogP contribution in [0.1, 0.15) is 16.8 Å². The summed E-state index contributed by atoms with van der Waals surface area (Å²) in [7, 11) is 1.67. The molecule has 2 heterocycles. The maximum absolute atomic E-state index is 12.9. The van der Waals surface area contributed by atoms with Crippen LogP contribution in [0.15, 0.2) is 30.5 Å². The van der Waals surface area contributed by atoms with Crippen LogP contribution in [-0.2, 0) is 16.1 Å². The molecule has 6 nitrogen and oxygen atoms in total. The molecule has 0 aliphatic carbocycles. The van der Waals surface area contributed by atoms with Gasteiger partial charge >= 0.3 is 0 Å². The van der Waals surface area contributed by atoms with Gasteiger partial charge in [-0.2, -0.15) is 0 Å². The van der Waals surface area contributed by atoms with Gasteiger partial charge in [0, 0.05) is 56.8 Å². The number of hydrogen-bond acceptors (Lipinski definition) is 3. The number of benzene rings is 1. The SMILES string of the molecule is COCCn1cc(C(=O)N2CCNC(=O)CC2)c2ccccc21. The Hall–Kier alpha value is -2.34. The van der Waals surface area contributed by atoms with Gasteiger partial charge in [-0.25, -0.2) is 0 Å². The predicted molar refractivity (Wildman–Crippen MR) is 87.3 cm³/mol. The minimum absolute atomic E-state index is 0.00261. The third-order valence-electron chi connectivity index (χ3n) is 4.16. The highest BCUT2D eigenvalue weighted by Crippen LogP contribution is 2.23. The van der Waals surface area contributed by atoms with E-state index in [1.165, 1.54) is 0 Å². The fraction of sp³-hybridized carbons (Fsp3) is 0.412. The molecule has 122 valence electrons. The zero-order chi connectivity index (χ0) is 16.2. The van der Waals surface area contributed by atoms with Crippen LogP contribution < -0.4 is 5.32 Å². The van der Waals surface area contributed by atoms with E-state index in [2.05, 4.69) is 5.32 Å². The lowest BCUT2D eigenvalue weighted by Gasteiger charge is -2.19. The van der Waals surface area contributed by atoms with Crippen LogP contribution in [0, 0.1) is 0 Å². The Balaban J connectivity index is 1.92. The molecule has 0 bridgehead atoms. The quantitative estimate of drug-likeness (QED) is 0.923. The first kappa shape index (κ1) is 15.6. The molecule has 1 aliphatic heterocycles. The van der Waals surface area contributed by atoms with Crippen LogP contribution in [0.4, 0.5) is 0 Å². The Kier molecular flexibility index (Phi) is 4.62. The summed E-state index contributed by atoms with van der Waals surface area (Å²) in [6.45, 7) is 2.80. The Morgan fingerprint density at radius 3 is 2.96 bits per heavy atom. The van der Waals surface area contributed by atoms with E-state index in [9.17, 15) is 9.59 Å². The lowest BCUT2D eigenvalue weighted by molar-refractivity contribution is -0.120. The third kappa shape index (κ3) is 3.22. The van der Waals surface area contributed by atoms with E-state index in [0.29, 0.717) is 44.8 Å².